The second-order valence-corrected chi connectivity index (χ2v) is 7.23. The lowest BCUT2D eigenvalue weighted by Gasteiger charge is -2.22. The van der Waals surface area contributed by atoms with E-state index in [4.69, 9.17) is 27.9 Å². The number of anilines is 1. The van der Waals surface area contributed by atoms with Crippen molar-refractivity contribution in [2.75, 3.05) is 38.1 Å². The largest absolute Gasteiger partial charge is 0.492 e. The Kier molecular flexibility index (Phi) is 9.10. The van der Waals surface area contributed by atoms with Gasteiger partial charge in [-0.15, -0.1) is 0 Å². The number of unbranched alkanes of at least 4 members (excludes halogenated alkanes) is 1. The molecule has 0 atom stereocenters. The Balaban J connectivity index is 1.76. The Bertz CT molecular complexity index is 662. The van der Waals surface area contributed by atoms with E-state index >= 15 is 0 Å². The highest BCUT2D eigenvalue weighted by Gasteiger charge is 2.06. The lowest BCUT2D eigenvalue weighted by atomic mass is 10.2. The van der Waals surface area contributed by atoms with E-state index < -0.39 is 0 Å². The molecule has 0 unspecified atom stereocenters. The molecular weight excluding hydrogens is 367 g/mol. The van der Waals surface area contributed by atoms with Crippen LogP contribution in [0.3, 0.4) is 0 Å². The van der Waals surface area contributed by atoms with Crippen LogP contribution in [-0.4, -0.2) is 37.7 Å². The fourth-order valence-electron chi connectivity index (χ4n) is 2.61. The van der Waals surface area contributed by atoms with Crippen molar-refractivity contribution < 1.29 is 4.74 Å². The average Bonchev–Trinajstić information content (AvgIpc) is 2.64. The van der Waals surface area contributed by atoms with Gasteiger partial charge in [0.2, 0.25) is 0 Å². The van der Waals surface area contributed by atoms with Crippen LogP contribution >= 0.6 is 23.2 Å². The molecular formula is C21H28Cl2N2O. The van der Waals surface area contributed by atoms with Crippen molar-refractivity contribution in [3.8, 4) is 5.75 Å². The zero-order chi connectivity index (χ0) is 18.8. The summed E-state index contributed by atoms with van der Waals surface area (Å²) in [5.41, 5.74) is 2.24. The molecule has 0 aliphatic rings. The lowest BCUT2D eigenvalue weighted by molar-refractivity contribution is 0.211. The van der Waals surface area contributed by atoms with E-state index in [2.05, 4.69) is 36.2 Å². The maximum Gasteiger partial charge on any atom is 0.119 e. The Hall–Kier alpha value is -1.42. The summed E-state index contributed by atoms with van der Waals surface area (Å²) in [6, 6.07) is 13.8. The Morgan fingerprint density at radius 3 is 2.42 bits per heavy atom. The third-order valence-corrected chi connectivity index (χ3v) is 4.94. The van der Waals surface area contributed by atoms with Crippen LogP contribution < -0.4 is 10.1 Å². The van der Waals surface area contributed by atoms with Gasteiger partial charge in [-0.25, -0.2) is 0 Å². The summed E-state index contributed by atoms with van der Waals surface area (Å²) >= 11 is 12.0. The highest BCUT2D eigenvalue weighted by Crippen LogP contribution is 2.24. The van der Waals surface area contributed by atoms with Crippen molar-refractivity contribution in [3.63, 3.8) is 0 Å². The van der Waals surface area contributed by atoms with E-state index in [-0.39, 0.29) is 0 Å². The molecule has 142 valence electrons. The molecule has 0 heterocycles. The third kappa shape index (κ3) is 7.45. The van der Waals surface area contributed by atoms with Crippen molar-refractivity contribution in [2.45, 2.75) is 26.7 Å². The first kappa shape index (κ1) is 20.9. The van der Waals surface area contributed by atoms with Crippen LogP contribution in [0.15, 0.2) is 42.5 Å². The maximum atomic E-state index is 6.06. The minimum Gasteiger partial charge on any atom is -0.492 e. The highest BCUT2D eigenvalue weighted by molar-refractivity contribution is 6.42. The van der Waals surface area contributed by atoms with Crippen molar-refractivity contribution in [1.29, 1.82) is 0 Å². The molecule has 0 saturated carbocycles. The van der Waals surface area contributed by atoms with Gasteiger partial charge in [-0.05, 0) is 50.2 Å². The van der Waals surface area contributed by atoms with Gasteiger partial charge < -0.3 is 10.1 Å². The van der Waals surface area contributed by atoms with Crippen molar-refractivity contribution in [3.05, 3.63) is 58.1 Å². The normalized spacial score (nSPS) is 11.0. The van der Waals surface area contributed by atoms with Crippen molar-refractivity contribution >= 4 is 28.9 Å². The van der Waals surface area contributed by atoms with Crippen LogP contribution in [0, 0.1) is 6.92 Å². The summed E-state index contributed by atoms with van der Waals surface area (Å²) < 4.78 is 5.87. The van der Waals surface area contributed by atoms with E-state index in [0.29, 0.717) is 16.7 Å². The Morgan fingerprint density at radius 2 is 1.73 bits per heavy atom. The molecule has 2 aromatic carbocycles. The SMILES string of the molecule is CCCCN(CCNc1ccc(Cl)c(Cl)c1)CCOc1ccc(C)cc1. The third-order valence-electron chi connectivity index (χ3n) is 4.20. The molecule has 0 fully saturated rings. The van der Waals surface area contributed by atoms with E-state index in [1.807, 2.05) is 30.3 Å². The van der Waals surface area contributed by atoms with Gasteiger partial charge in [0.1, 0.15) is 12.4 Å². The van der Waals surface area contributed by atoms with Crippen LogP contribution in [0.1, 0.15) is 25.3 Å². The predicted octanol–water partition coefficient (Wildman–Crippen LogP) is 5.89. The molecule has 5 heteroatoms. The van der Waals surface area contributed by atoms with E-state index in [1.165, 1.54) is 18.4 Å². The summed E-state index contributed by atoms with van der Waals surface area (Å²) in [6.07, 6.45) is 2.38. The highest BCUT2D eigenvalue weighted by atomic mass is 35.5. The fourth-order valence-corrected chi connectivity index (χ4v) is 2.91. The molecule has 0 spiro atoms. The molecule has 0 aliphatic carbocycles. The number of hydrogen-bond acceptors (Lipinski definition) is 3. The van der Waals surface area contributed by atoms with Crippen LogP contribution in [0.4, 0.5) is 5.69 Å². The maximum absolute atomic E-state index is 6.06. The molecule has 3 nitrogen and oxygen atoms in total. The van der Waals surface area contributed by atoms with E-state index in [9.17, 15) is 0 Å². The lowest BCUT2D eigenvalue weighted by Crippen LogP contribution is -2.33. The monoisotopic (exact) mass is 394 g/mol. The fraction of sp³-hybridized carbons (Fsp3) is 0.429. The summed E-state index contributed by atoms with van der Waals surface area (Å²) in [4.78, 5) is 2.43. The van der Waals surface area contributed by atoms with Gasteiger partial charge >= 0.3 is 0 Å². The van der Waals surface area contributed by atoms with Crippen LogP contribution in [-0.2, 0) is 0 Å². The number of rotatable bonds is 11. The van der Waals surface area contributed by atoms with Gasteiger partial charge in [0, 0.05) is 25.3 Å². The molecule has 0 aromatic heterocycles. The topological polar surface area (TPSA) is 24.5 Å². The number of halogens is 2. The number of ether oxygens (including phenoxy) is 1. The first-order valence-corrected chi connectivity index (χ1v) is 9.95. The minimum absolute atomic E-state index is 0.575. The molecule has 0 radical (unpaired) electrons. The number of benzene rings is 2. The van der Waals surface area contributed by atoms with Gasteiger partial charge in [-0.2, -0.15) is 0 Å². The van der Waals surface area contributed by atoms with Gasteiger partial charge in [0.25, 0.3) is 0 Å². The van der Waals surface area contributed by atoms with Gasteiger partial charge in [0.05, 0.1) is 10.0 Å². The molecule has 26 heavy (non-hydrogen) atoms. The number of nitrogens with one attached hydrogen (secondary N) is 1. The zero-order valence-electron chi connectivity index (χ0n) is 15.6. The predicted molar refractivity (Wildman–Crippen MR) is 113 cm³/mol. The van der Waals surface area contributed by atoms with Crippen LogP contribution in [0.5, 0.6) is 5.75 Å². The van der Waals surface area contributed by atoms with Crippen LogP contribution in [0.25, 0.3) is 0 Å². The van der Waals surface area contributed by atoms with E-state index in [1.54, 1.807) is 0 Å². The molecule has 2 aromatic rings. The smallest absolute Gasteiger partial charge is 0.119 e. The molecule has 0 aliphatic heterocycles. The zero-order valence-corrected chi connectivity index (χ0v) is 17.1. The number of nitrogens with zero attached hydrogens (tertiary/aromatic N) is 1. The van der Waals surface area contributed by atoms with Crippen molar-refractivity contribution in [2.24, 2.45) is 0 Å². The molecule has 1 N–H and O–H groups in total. The summed E-state index contributed by atoms with van der Waals surface area (Å²) in [7, 11) is 0. The molecule has 2 rings (SSSR count). The quantitative estimate of drug-likeness (QED) is 0.513. The summed E-state index contributed by atoms with van der Waals surface area (Å²) in [5.74, 6) is 0.931. The summed E-state index contributed by atoms with van der Waals surface area (Å²) in [5, 5.41) is 4.56. The Labute approximate surface area is 167 Å². The molecule has 0 saturated heterocycles. The average molecular weight is 395 g/mol. The molecule has 0 amide bonds. The summed E-state index contributed by atoms with van der Waals surface area (Å²) in [6.45, 7) is 8.79. The first-order chi connectivity index (χ1) is 12.6. The van der Waals surface area contributed by atoms with Crippen molar-refractivity contribution in [1.82, 2.24) is 4.90 Å². The van der Waals surface area contributed by atoms with Crippen LogP contribution in [0.2, 0.25) is 10.0 Å². The van der Waals surface area contributed by atoms with Gasteiger partial charge in [0.15, 0.2) is 0 Å². The van der Waals surface area contributed by atoms with Gasteiger partial charge in [-0.1, -0.05) is 54.2 Å². The van der Waals surface area contributed by atoms with Gasteiger partial charge in [-0.3, -0.25) is 4.90 Å². The molecule has 0 bridgehead atoms. The standard InChI is InChI=1S/C21H28Cl2N2O/c1-3-4-12-25(14-15-26-19-8-5-17(2)6-9-19)13-11-24-18-7-10-20(22)21(23)16-18/h5-10,16,24H,3-4,11-15H2,1-2H3. The number of hydrogen-bond donors (Lipinski definition) is 1. The first-order valence-electron chi connectivity index (χ1n) is 9.19. The second kappa shape index (κ2) is 11.3. The minimum atomic E-state index is 0.575. The number of aryl methyl sites for hydroxylation is 1. The van der Waals surface area contributed by atoms with E-state index in [0.717, 1.165) is 37.6 Å². The second-order valence-electron chi connectivity index (χ2n) is 6.41. The Morgan fingerprint density at radius 1 is 0.962 bits per heavy atom.